The SMILES string of the molecule is CC1CCCC(CNS(=O)(=O)c2ccc(C(N)=S)nc2)C1. The Hall–Kier alpha value is -1.05. The fraction of sp³-hybridized carbons (Fsp3) is 0.571. The number of aromatic nitrogens is 1. The standard InChI is InChI=1S/C14H21N3O2S2/c1-10-3-2-4-11(7-10)8-17-21(18,19)12-5-6-13(14(15)20)16-9-12/h5-6,9-11,17H,2-4,7-8H2,1H3,(H2,15,20). The van der Waals surface area contributed by atoms with Crippen LogP contribution in [0, 0.1) is 11.8 Å². The van der Waals surface area contributed by atoms with E-state index in [1.807, 2.05) is 0 Å². The molecule has 0 bridgehead atoms. The Balaban J connectivity index is 1.99. The van der Waals surface area contributed by atoms with Crippen LogP contribution in [0.5, 0.6) is 0 Å². The number of sulfonamides is 1. The summed E-state index contributed by atoms with van der Waals surface area (Å²) in [6, 6.07) is 3.01. The van der Waals surface area contributed by atoms with Crippen LogP contribution in [0.15, 0.2) is 23.2 Å². The second kappa shape index (κ2) is 6.81. The van der Waals surface area contributed by atoms with Gasteiger partial charge in [-0.2, -0.15) is 0 Å². The monoisotopic (exact) mass is 327 g/mol. The molecule has 2 atom stereocenters. The molecule has 1 aromatic rings. The van der Waals surface area contributed by atoms with Gasteiger partial charge in [0.05, 0.1) is 5.69 Å². The third kappa shape index (κ3) is 4.46. The van der Waals surface area contributed by atoms with Gasteiger partial charge in [-0.1, -0.05) is 32.0 Å². The van der Waals surface area contributed by atoms with Crippen LogP contribution >= 0.6 is 12.2 Å². The van der Waals surface area contributed by atoms with Gasteiger partial charge < -0.3 is 5.73 Å². The predicted molar refractivity (Wildman–Crippen MR) is 86.4 cm³/mol. The maximum atomic E-state index is 12.2. The predicted octanol–water partition coefficient (Wildman–Crippen LogP) is 1.82. The Morgan fingerprint density at radius 3 is 2.81 bits per heavy atom. The van der Waals surface area contributed by atoms with E-state index in [-0.39, 0.29) is 9.88 Å². The zero-order valence-corrected chi connectivity index (χ0v) is 13.7. The highest BCUT2D eigenvalue weighted by Gasteiger charge is 2.22. The Kier molecular flexibility index (Phi) is 5.29. The molecule has 1 aliphatic carbocycles. The second-order valence-corrected chi connectivity index (χ2v) is 7.94. The molecule has 3 N–H and O–H groups in total. The van der Waals surface area contributed by atoms with Gasteiger partial charge in [0.15, 0.2) is 0 Å². The fourth-order valence-electron chi connectivity index (χ4n) is 2.74. The van der Waals surface area contributed by atoms with E-state index in [0.29, 0.717) is 24.1 Å². The van der Waals surface area contributed by atoms with Crippen molar-refractivity contribution < 1.29 is 8.42 Å². The average Bonchev–Trinajstić information content (AvgIpc) is 2.45. The van der Waals surface area contributed by atoms with E-state index < -0.39 is 10.0 Å². The normalized spacial score (nSPS) is 22.9. The van der Waals surface area contributed by atoms with Crippen molar-refractivity contribution >= 4 is 27.2 Å². The lowest BCUT2D eigenvalue weighted by Crippen LogP contribution is -2.31. The molecular formula is C14H21N3O2S2. The van der Waals surface area contributed by atoms with Crippen LogP contribution in [0.1, 0.15) is 38.3 Å². The smallest absolute Gasteiger partial charge is 0.242 e. The van der Waals surface area contributed by atoms with Crippen LogP contribution in [0.2, 0.25) is 0 Å². The Morgan fingerprint density at radius 1 is 1.48 bits per heavy atom. The fourth-order valence-corrected chi connectivity index (χ4v) is 3.92. The summed E-state index contributed by atoms with van der Waals surface area (Å²) in [4.78, 5) is 4.27. The lowest BCUT2D eigenvalue weighted by atomic mass is 9.83. The molecule has 5 nitrogen and oxygen atoms in total. The first-order chi connectivity index (χ1) is 9.88. The second-order valence-electron chi connectivity index (χ2n) is 5.73. The minimum absolute atomic E-state index is 0.145. The van der Waals surface area contributed by atoms with E-state index >= 15 is 0 Å². The Bertz CT molecular complexity index is 599. The number of thiocarbonyl (C=S) groups is 1. The summed E-state index contributed by atoms with van der Waals surface area (Å²) < 4.78 is 27.1. The maximum Gasteiger partial charge on any atom is 0.242 e. The third-order valence-electron chi connectivity index (χ3n) is 3.91. The molecule has 116 valence electrons. The molecule has 1 fully saturated rings. The summed E-state index contributed by atoms with van der Waals surface area (Å²) >= 11 is 4.80. The summed E-state index contributed by atoms with van der Waals surface area (Å²) in [7, 11) is -3.52. The summed E-state index contributed by atoms with van der Waals surface area (Å²) in [6.45, 7) is 2.71. The molecule has 7 heteroatoms. The van der Waals surface area contributed by atoms with Gasteiger partial charge in [-0.05, 0) is 36.8 Å². The first-order valence-electron chi connectivity index (χ1n) is 7.14. The Labute approximate surface area is 131 Å². The van der Waals surface area contributed by atoms with Gasteiger partial charge in [0, 0.05) is 12.7 Å². The minimum atomic E-state index is -3.52. The van der Waals surface area contributed by atoms with Crippen molar-refractivity contribution in [1.82, 2.24) is 9.71 Å². The number of nitrogens with zero attached hydrogens (tertiary/aromatic N) is 1. The topological polar surface area (TPSA) is 85.1 Å². The van der Waals surface area contributed by atoms with E-state index in [1.54, 1.807) is 0 Å². The van der Waals surface area contributed by atoms with Crippen LogP contribution in [-0.4, -0.2) is 24.9 Å². The number of nitrogens with one attached hydrogen (secondary N) is 1. The van der Waals surface area contributed by atoms with Gasteiger partial charge in [0.1, 0.15) is 9.88 Å². The molecule has 2 rings (SSSR count). The van der Waals surface area contributed by atoms with Gasteiger partial charge in [0.25, 0.3) is 0 Å². The molecule has 2 unspecified atom stereocenters. The molecule has 0 saturated heterocycles. The zero-order chi connectivity index (χ0) is 15.5. The number of hydrogen-bond donors (Lipinski definition) is 2. The summed E-state index contributed by atoms with van der Waals surface area (Å²) in [5.74, 6) is 1.10. The van der Waals surface area contributed by atoms with Gasteiger partial charge in [-0.25, -0.2) is 13.1 Å². The molecule has 1 aromatic heterocycles. The highest BCUT2D eigenvalue weighted by Crippen LogP contribution is 2.28. The third-order valence-corrected chi connectivity index (χ3v) is 5.52. The van der Waals surface area contributed by atoms with E-state index in [2.05, 4.69) is 16.6 Å². The molecule has 1 saturated carbocycles. The van der Waals surface area contributed by atoms with Crippen LogP contribution in [-0.2, 0) is 10.0 Å². The molecular weight excluding hydrogens is 306 g/mol. The van der Waals surface area contributed by atoms with Gasteiger partial charge in [-0.15, -0.1) is 0 Å². The first kappa shape index (κ1) is 16.3. The highest BCUT2D eigenvalue weighted by molar-refractivity contribution is 7.89. The lowest BCUT2D eigenvalue weighted by Gasteiger charge is -2.26. The van der Waals surface area contributed by atoms with Crippen molar-refractivity contribution in [3.05, 3.63) is 24.0 Å². The average molecular weight is 327 g/mol. The lowest BCUT2D eigenvalue weighted by molar-refractivity contribution is 0.283. The largest absolute Gasteiger partial charge is 0.388 e. The van der Waals surface area contributed by atoms with Crippen LogP contribution in [0.3, 0.4) is 0 Å². The minimum Gasteiger partial charge on any atom is -0.388 e. The van der Waals surface area contributed by atoms with Crippen molar-refractivity contribution in [1.29, 1.82) is 0 Å². The Morgan fingerprint density at radius 2 is 2.24 bits per heavy atom. The highest BCUT2D eigenvalue weighted by atomic mass is 32.2. The van der Waals surface area contributed by atoms with Crippen molar-refractivity contribution in [2.24, 2.45) is 17.6 Å². The quantitative estimate of drug-likeness (QED) is 0.806. The van der Waals surface area contributed by atoms with Crippen molar-refractivity contribution in [2.75, 3.05) is 6.54 Å². The van der Waals surface area contributed by atoms with Gasteiger partial charge >= 0.3 is 0 Å². The van der Waals surface area contributed by atoms with Crippen LogP contribution < -0.4 is 10.5 Å². The summed E-state index contributed by atoms with van der Waals surface area (Å²) in [6.07, 6.45) is 5.89. The molecule has 0 amide bonds. The van der Waals surface area contributed by atoms with E-state index in [0.717, 1.165) is 12.8 Å². The van der Waals surface area contributed by atoms with Crippen LogP contribution in [0.25, 0.3) is 0 Å². The molecule has 1 aliphatic rings. The molecule has 0 aliphatic heterocycles. The van der Waals surface area contributed by atoms with E-state index in [4.69, 9.17) is 18.0 Å². The van der Waals surface area contributed by atoms with E-state index in [1.165, 1.54) is 31.2 Å². The van der Waals surface area contributed by atoms with Crippen LogP contribution in [0.4, 0.5) is 0 Å². The number of pyridine rings is 1. The summed E-state index contributed by atoms with van der Waals surface area (Å²) in [5.41, 5.74) is 5.87. The maximum absolute atomic E-state index is 12.2. The van der Waals surface area contributed by atoms with Gasteiger partial charge in [0.2, 0.25) is 10.0 Å². The summed E-state index contributed by atoms with van der Waals surface area (Å²) in [5, 5.41) is 0. The van der Waals surface area contributed by atoms with Crippen molar-refractivity contribution in [3.63, 3.8) is 0 Å². The molecule has 0 aromatic carbocycles. The first-order valence-corrected chi connectivity index (χ1v) is 9.03. The zero-order valence-electron chi connectivity index (χ0n) is 12.1. The molecule has 21 heavy (non-hydrogen) atoms. The molecule has 0 radical (unpaired) electrons. The number of nitrogens with two attached hydrogens (primary N) is 1. The molecule has 0 spiro atoms. The van der Waals surface area contributed by atoms with Crippen molar-refractivity contribution in [2.45, 2.75) is 37.5 Å². The molecule has 1 heterocycles. The van der Waals surface area contributed by atoms with Gasteiger partial charge in [-0.3, -0.25) is 4.98 Å². The van der Waals surface area contributed by atoms with E-state index in [9.17, 15) is 8.42 Å². The van der Waals surface area contributed by atoms with Crippen molar-refractivity contribution in [3.8, 4) is 0 Å². The number of rotatable bonds is 5. The number of hydrogen-bond acceptors (Lipinski definition) is 4.